The fourth-order valence-electron chi connectivity index (χ4n) is 3.17. The van der Waals surface area contributed by atoms with E-state index in [0.717, 1.165) is 28.1 Å². The molecule has 154 valence electrons. The molecule has 1 amide bonds. The number of ether oxygens (including phenoxy) is 1. The summed E-state index contributed by atoms with van der Waals surface area (Å²) in [6.07, 6.45) is 0.944. The summed E-state index contributed by atoms with van der Waals surface area (Å²) in [6.45, 7) is 4.51. The Morgan fingerprint density at radius 3 is 2.63 bits per heavy atom. The van der Waals surface area contributed by atoms with Crippen LogP contribution in [0.3, 0.4) is 0 Å². The minimum absolute atomic E-state index is 0.133. The van der Waals surface area contributed by atoms with Crippen molar-refractivity contribution in [2.75, 3.05) is 11.9 Å². The first-order chi connectivity index (χ1) is 14.5. The number of hydrogen-bond donors (Lipinski definition) is 1. The van der Waals surface area contributed by atoms with E-state index in [1.807, 2.05) is 61.7 Å². The molecule has 2 heterocycles. The van der Waals surface area contributed by atoms with E-state index < -0.39 is 0 Å². The number of carbonyl (C=O) groups excluding carboxylic acids is 1. The van der Waals surface area contributed by atoms with Crippen LogP contribution < -0.4 is 10.1 Å². The number of halogens is 1. The highest BCUT2D eigenvalue weighted by Crippen LogP contribution is 2.27. The molecule has 4 rings (SSSR count). The number of para-hydroxylation sites is 1. The molecule has 1 N–H and O–H groups in total. The fourth-order valence-corrected chi connectivity index (χ4v) is 4.13. The van der Waals surface area contributed by atoms with E-state index in [2.05, 4.69) is 15.4 Å². The van der Waals surface area contributed by atoms with Crippen molar-refractivity contribution in [2.45, 2.75) is 26.7 Å². The minimum atomic E-state index is -0.133. The second kappa shape index (κ2) is 8.85. The summed E-state index contributed by atoms with van der Waals surface area (Å²) in [7, 11) is 0. The fraction of sp³-hybridized carbons (Fsp3) is 0.227. The average Bonchev–Trinajstić information content (AvgIpc) is 3.28. The van der Waals surface area contributed by atoms with Crippen LogP contribution in [0.15, 0.2) is 47.8 Å². The van der Waals surface area contributed by atoms with Crippen LogP contribution in [0.4, 0.5) is 5.95 Å². The first-order valence-electron chi connectivity index (χ1n) is 9.60. The normalized spacial score (nSPS) is 11.0. The van der Waals surface area contributed by atoms with Gasteiger partial charge in [0.2, 0.25) is 16.8 Å². The number of nitrogens with one attached hydrogen (secondary N) is 1. The van der Waals surface area contributed by atoms with Gasteiger partial charge in [-0.15, -0.1) is 16.4 Å². The molecule has 4 aromatic rings. The maximum absolute atomic E-state index is 12.3. The molecule has 0 aliphatic rings. The molecular weight excluding hydrogens is 420 g/mol. The van der Waals surface area contributed by atoms with Crippen LogP contribution in [0.1, 0.15) is 24.0 Å². The van der Waals surface area contributed by atoms with E-state index in [4.69, 9.17) is 16.3 Å². The predicted molar refractivity (Wildman–Crippen MR) is 121 cm³/mol. The monoisotopic (exact) mass is 440 g/mol. The minimum Gasteiger partial charge on any atom is -0.493 e. The van der Waals surface area contributed by atoms with Gasteiger partial charge in [-0.1, -0.05) is 41.9 Å². The van der Waals surface area contributed by atoms with Gasteiger partial charge in [0.25, 0.3) is 0 Å². The van der Waals surface area contributed by atoms with Crippen molar-refractivity contribution >= 4 is 39.8 Å². The zero-order valence-corrected chi connectivity index (χ0v) is 18.3. The van der Waals surface area contributed by atoms with Gasteiger partial charge >= 0.3 is 0 Å². The van der Waals surface area contributed by atoms with Crippen molar-refractivity contribution in [3.63, 3.8) is 0 Å². The van der Waals surface area contributed by atoms with Gasteiger partial charge in [-0.05, 0) is 43.5 Å². The van der Waals surface area contributed by atoms with Crippen LogP contribution in [0.5, 0.6) is 5.75 Å². The third-order valence-electron chi connectivity index (χ3n) is 4.68. The number of anilines is 1. The van der Waals surface area contributed by atoms with Crippen LogP contribution in [0.25, 0.3) is 16.2 Å². The number of hydrogen-bond acceptors (Lipinski definition) is 5. The van der Waals surface area contributed by atoms with Crippen LogP contribution in [-0.4, -0.2) is 27.1 Å². The molecule has 0 saturated carbocycles. The first-order valence-corrected chi connectivity index (χ1v) is 10.9. The average molecular weight is 441 g/mol. The highest BCUT2D eigenvalue weighted by Gasteiger charge is 2.13. The first kappa shape index (κ1) is 20.4. The van der Waals surface area contributed by atoms with Crippen LogP contribution >= 0.6 is 22.9 Å². The third-order valence-corrected chi connectivity index (χ3v) is 5.74. The largest absolute Gasteiger partial charge is 0.493 e. The Labute approximate surface area is 183 Å². The summed E-state index contributed by atoms with van der Waals surface area (Å²) in [5, 5.41) is 9.87. The molecule has 2 aromatic heterocycles. The van der Waals surface area contributed by atoms with Gasteiger partial charge in [0.1, 0.15) is 5.75 Å². The van der Waals surface area contributed by atoms with Crippen LogP contribution in [0, 0.1) is 13.8 Å². The lowest BCUT2D eigenvalue weighted by Gasteiger charge is -2.11. The number of aromatic nitrogens is 3. The molecule has 0 aliphatic carbocycles. The zero-order chi connectivity index (χ0) is 21.1. The SMILES string of the molecule is Cc1cccc(C)c1OCCCC(=O)Nc1nc2scc(-c3ccc(Cl)cc3)n2n1. The number of aryl methyl sites for hydroxylation is 2. The van der Waals surface area contributed by atoms with Crippen molar-refractivity contribution in [3.8, 4) is 17.0 Å². The second-order valence-corrected chi connectivity index (χ2v) is 8.25. The van der Waals surface area contributed by atoms with Crippen LogP contribution in [0.2, 0.25) is 5.02 Å². The molecule has 0 aliphatic heterocycles. The van der Waals surface area contributed by atoms with Crippen molar-refractivity contribution in [3.05, 3.63) is 64.0 Å². The van der Waals surface area contributed by atoms with E-state index in [0.29, 0.717) is 35.4 Å². The van der Waals surface area contributed by atoms with E-state index in [-0.39, 0.29) is 5.91 Å². The molecule has 0 unspecified atom stereocenters. The number of carbonyl (C=O) groups is 1. The summed E-state index contributed by atoms with van der Waals surface area (Å²) in [5.74, 6) is 1.06. The molecule has 0 atom stereocenters. The number of nitrogens with zero attached hydrogens (tertiary/aromatic N) is 3. The Morgan fingerprint density at radius 1 is 1.17 bits per heavy atom. The number of amides is 1. The van der Waals surface area contributed by atoms with Gasteiger partial charge in [0, 0.05) is 22.4 Å². The Kier molecular flexibility index (Phi) is 6.01. The summed E-state index contributed by atoms with van der Waals surface area (Å²) in [5.41, 5.74) is 4.08. The molecule has 0 spiro atoms. The number of benzene rings is 2. The topological polar surface area (TPSA) is 68.5 Å². The molecule has 0 saturated heterocycles. The highest BCUT2D eigenvalue weighted by molar-refractivity contribution is 7.15. The number of rotatable bonds is 7. The maximum Gasteiger partial charge on any atom is 0.250 e. The third kappa shape index (κ3) is 4.47. The van der Waals surface area contributed by atoms with E-state index in [9.17, 15) is 4.79 Å². The van der Waals surface area contributed by atoms with Gasteiger partial charge in [-0.25, -0.2) is 4.52 Å². The van der Waals surface area contributed by atoms with Gasteiger partial charge in [0.15, 0.2) is 0 Å². The summed E-state index contributed by atoms with van der Waals surface area (Å²) in [4.78, 5) is 17.4. The van der Waals surface area contributed by atoms with Crippen molar-refractivity contribution < 1.29 is 9.53 Å². The molecule has 30 heavy (non-hydrogen) atoms. The Balaban J connectivity index is 1.34. The molecule has 2 aromatic carbocycles. The lowest BCUT2D eigenvalue weighted by Crippen LogP contribution is -2.14. The quantitative estimate of drug-likeness (QED) is 0.384. The smallest absolute Gasteiger partial charge is 0.250 e. The second-order valence-electron chi connectivity index (χ2n) is 6.98. The highest BCUT2D eigenvalue weighted by atomic mass is 35.5. The van der Waals surface area contributed by atoms with Gasteiger partial charge in [-0.2, -0.15) is 4.98 Å². The van der Waals surface area contributed by atoms with E-state index in [1.54, 1.807) is 4.52 Å². The zero-order valence-electron chi connectivity index (χ0n) is 16.7. The van der Waals surface area contributed by atoms with Crippen molar-refractivity contribution in [1.82, 2.24) is 14.6 Å². The molecule has 6 nitrogen and oxygen atoms in total. The van der Waals surface area contributed by atoms with Crippen molar-refractivity contribution in [2.24, 2.45) is 0 Å². The van der Waals surface area contributed by atoms with Gasteiger partial charge in [0.05, 0.1) is 12.3 Å². The number of fused-ring (bicyclic) bond motifs is 1. The lowest BCUT2D eigenvalue weighted by atomic mass is 10.1. The standard InChI is InChI=1S/C22H21ClN4O2S/c1-14-5-3-6-15(2)20(14)29-12-4-7-19(28)24-21-25-22-27(26-21)18(13-30-22)16-8-10-17(23)11-9-16/h3,5-6,8-11,13H,4,7,12H2,1-2H3,(H,24,26,28). The summed E-state index contributed by atoms with van der Waals surface area (Å²) < 4.78 is 7.58. The Hall–Kier alpha value is -2.90. The molecule has 8 heteroatoms. The maximum atomic E-state index is 12.3. The summed E-state index contributed by atoms with van der Waals surface area (Å²) in [6, 6.07) is 13.6. The van der Waals surface area contributed by atoms with E-state index in [1.165, 1.54) is 11.3 Å². The molecular formula is C22H21ClN4O2S. The van der Waals surface area contributed by atoms with Crippen molar-refractivity contribution in [1.29, 1.82) is 0 Å². The Bertz CT molecular complexity index is 1160. The molecule has 0 fully saturated rings. The van der Waals surface area contributed by atoms with Gasteiger partial charge < -0.3 is 4.74 Å². The van der Waals surface area contributed by atoms with Gasteiger partial charge in [-0.3, -0.25) is 10.1 Å². The predicted octanol–water partition coefficient (Wildman–Crippen LogP) is 5.53. The van der Waals surface area contributed by atoms with Crippen LogP contribution in [-0.2, 0) is 4.79 Å². The number of thiazole rings is 1. The molecule has 0 radical (unpaired) electrons. The molecule has 0 bridgehead atoms. The Morgan fingerprint density at radius 2 is 1.90 bits per heavy atom. The lowest BCUT2D eigenvalue weighted by molar-refractivity contribution is -0.116. The summed E-state index contributed by atoms with van der Waals surface area (Å²) >= 11 is 7.43. The van der Waals surface area contributed by atoms with E-state index >= 15 is 0 Å².